The quantitative estimate of drug-likeness (QED) is 0.755. The van der Waals surface area contributed by atoms with E-state index in [1.165, 1.54) is 23.5 Å². The van der Waals surface area contributed by atoms with Gasteiger partial charge in [0, 0.05) is 11.6 Å². The van der Waals surface area contributed by atoms with Gasteiger partial charge >= 0.3 is 5.69 Å². The third kappa shape index (κ3) is 1.76. The Labute approximate surface area is 99.4 Å². The lowest BCUT2D eigenvalue weighted by Crippen LogP contribution is -2.17. The van der Waals surface area contributed by atoms with Crippen LogP contribution < -0.4 is 5.69 Å². The van der Waals surface area contributed by atoms with Crippen molar-refractivity contribution in [3.05, 3.63) is 51.1 Å². The van der Waals surface area contributed by atoms with Crippen LogP contribution in [0.15, 0.2) is 34.6 Å². The highest BCUT2D eigenvalue weighted by Gasteiger charge is 2.08. The van der Waals surface area contributed by atoms with E-state index in [1.54, 1.807) is 16.8 Å². The lowest BCUT2D eigenvalue weighted by molar-refractivity contribution is 0.629. The first-order valence-corrected chi connectivity index (χ1v) is 5.88. The zero-order valence-corrected chi connectivity index (χ0v) is 9.50. The molecule has 0 spiro atoms. The summed E-state index contributed by atoms with van der Waals surface area (Å²) < 4.78 is 14.6. The molecule has 1 aromatic carbocycles. The topological polar surface area (TPSA) is 50.7 Å². The van der Waals surface area contributed by atoms with E-state index in [-0.39, 0.29) is 11.5 Å². The van der Waals surface area contributed by atoms with Crippen LogP contribution in [0.1, 0.15) is 5.01 Å². The Morgan fingerprint density at radius 2 is 2.35 bits per heavy atom. The molecular weight excluding hydrogens is 241 g/mol. The molecule has 0 aliphatic heterocycles. The smallest absolute Gasteiger partial charge is 0.305 e. The van der Waals surface area contributed by atoms with Crippen LogP contribution in [0.25, 0.3) is 11.0 Å². The first-order chi connectivity index (χ1) is 8.24. The van der Waals surface area contributed by atoms with Gasteiger partial charge in [0.15, 0.2) is 0 Å². The van der Waals surface area contributed by atoms with Crippen molar-refractivity contribution in [2.45, 2.75) is 6.54 Å². The number of hydrogen-bond acceptors (Lipinski definition) is 3. The Morgan fingerprint density at radius 1 is 1.47 bits per heavy atom. The number of nitrogens with zero attached hydrogens (tertiary/aromatic N) is 2. The Morgan fingerprint density at radius 3 is 3.12 bits per heavy atom. The van der Waals surface area contributed by atoms with E-state index in [9.17, 15) is 9.18 Å². The highest BCUT2D eigenvalue weighted by molar-refractivity contribution is 7.09. The van der Waals surface area contributed by atoms with Gasteiger partial charge in [0.05, 0.1) is 17.6 Å². The zero-order chi connectivity index (χ0) is 11.8. The number of hydrogen-bond donors (Lipinski definition) is 1. The molecule has 0 atom stereocenters. The van der Waals surface area contributed by atoms with Crippen LogP contribution in [0.5, 0.6) is 0 Å². The monoisotopic (exact) mass is 249 g/mol. The second-order valence-electron chi connectivity index (χ2n) is 3.60. The summed E-state index contributed by atoms with van der Waals surface area (Å²) in [6.45, 7) is 0.405. The number of rotatable bonds is 2. The molecule has 0 aliphatic carbocycles. The van der Waals surface area contributed by atoms with Crippen LogP contribution >= 0.6 is 11.3 Å². The number of nitrogens with one attached hydrogen (secondary N) is 1. The summed E-state index contributed by atoms with van der Waals surface area (Å²) in [6, 6.07) is 4.25. The minimum absolute atomic E-state index is 0.249. The van der Waals surface area contributed by atoms with Crippen molar-refractivity contribution in [2.24, 2.45) is 0 Å². The number of benzene rings is 1. The van der Waals surface area contributed by atoms with Crippen molar-refractivity contribution in [3.63, 3.8) is 0 Å². The van der Waals surface area contributed by atoms with E-state index in [1.807, 2.05) is 5.38 Å². The molecule has 2 heterocycles. The molecule has 3 aromatic rings. The molecule has 3 rings (SSSR count). The molecule has 0 fully saturated rings. The van der Waals surface area contributed by atoms with E-state index >= 15 is 0 Å². The molecule has 0 saturated carbocycles. The molecule has 0 saturated heterocycles. The van der Waals surface area contributed by atoms with Gasteiger partial charge in [-0.2, -0.15) is 0 Å². The molecule has 0 aliphatic rings. The van der Waals surface area contributed by atoms with Gasteiger partial charge in [-0.25, -0.2) is 14.2 Å². The standard InChI is InChI=1S/C11H8FN3OS/c12-7-1-2-9-8(5-7)14-11(16)15(9)6-10-13-3-4-17-10/h1-5H,6H2,(H,14,16). The second kappa shape index (κ2) is 3.81. The lowest BCUT2D eigenvalue weighted by atomic mass is 10.3. The van der Waals surface area contributed by atoms with Gasteiger partial charge in [-0.1, -0.05) is 0 Å². The summed E-state index contributed by atoms with van der Waals surface area (Å²) in [4.78, 5) is 18.5. The molecule has 6 heteroatoms. The minimum atomic E-state index is -0.361. The summed E-state index contributed by atoms with van der Waals surface area (Å²) in [5, 5.41) is 2.70. The predicted octanol–water partition coefficient (Wildman–Crippen LogP) is 1.97. The van der Waals surface area contributed by atoms with Gasteiger partial charge < -0.3 is 4.98 Å². The fraction of sp³-hybridized carbons (Fsp3) is 0.0909. The number of halogens is 1. The van der Waals surface area contributed by atoms with Crippen molar-refractivity contribution in [3.8, 4) is 0 Å². The molecule has 0 radical (unpaired) electrons. The molecule has 0 unspecified atom stereocenters. The van der Waals surface area contributed by atoms with Crippen molar-refractivity contribution in [2.75, 3.05) is 0 Å². The molecule has 1 N–H and O–H groups in total. The molecular formula is C11H8FN3OS. The van der Waals surface area contributed by atoms with Crippen molar-refractivity contribution in [1.29, 1.82) is 0 Å². The number of aromatic nitrogens is 3. The fourth-order valence-corrected chi connectivity index (χ4v) is 2.36. The Balaban J connectivity index is 2.16. The molecule has 4 nitrogen and oxygen atoms in total. The van der Waals surface area contributed by atoms with Crippen LogP contribution in [0.4, 0.5) is 4.39 Å². The van der Waals surface area contributed by atoms with Crippen molar-refractivity contribution >= 4 is 22.4 Å². The van der Waals surface area contributed by atoms with Crippen LogP contribution in [0.2, 0.25) is 0 Å². The van der Waals surface area contributed by atoms with Gasteiger partial charge in [0.25, 0.3) is 0 Å². The summed E-state index contributed by atoms with van der Waals surface area (Å²) >= 11 is 1.48. The summed E-state index contributed by atoms with van der Waals surface area (Å²) in [5.74, 6) is -0.361. The van der Waals surface area contributed by atoms with Crippen LogP contribution in [-0.2, 0) is 6.54 Å². The van der Waals surface area contributed by atoms with Crippen molar-refractivity contribution < 1.29 is 4.39 Å². The number of thiazole rings is 1. The highest BCUT2D eigenvalue weighted by atomic mass is 32.1. The zero-order valence-electron chi connectivity index (χ0n) is 8.68. The highest BCUT2D eigenvalue weighted by Crippen LogP contribution is 2.14. The number of fused-ring (bicyclic) bond motifs is 1. The maximum absolute atomic E-state index is 13.0. The maximum Gasteiger partial charge on any atom is 0.326 e. The van der Waals surface area contributed by atoms with Gasteiger partial charge in [0.2, 0.25) is 0 Å². The Kier molecular flexibility index (Phi) is 2.29. The SMILES string of the molecule is O=c1[nH]c2cc(F)ccc2n1Cc1nccs1. The van der Waals surface area contributed by atoms with E-state index < -0.39 is 0 Å². The minimum Gasteiger partial charge on any atom is -0.305 e. The maximum atomic E-state index is 13.0. The first kappa shape index (κ1) is 10.2. The lowest BCUT2D eigenvalue weighted by Gasteiger charge is -1.99. The van der Waals surface area contributed by atoms with Gasteiger partial charge in [0.1, 0.15) is 10.8 Å². The van der Waals surface area contributed by atoms with Crippen LogP contribution in [0, 0.1) is 5.82 Å². The largest absolute Gasteiger partial charge is 0.326 e. The van der Waals surface area contributed by atoms with Crippen LogP contribution in [-0.4, -0.2) is 14.5 Å². The summed E-state index contributed by atoms with van der Waals surface area (Å²) in [5.41, 5.74) is 0.943. The van der Waals surface area contributed by atoms with Crippen LogP contribution in [0.3, 0.4) is 0 Å². The number of imidazole rings is 1. The molecule has 0 amide bonds. The third-order valence-electron chi connectivity index (χ3n) is 2.51. The first-order valence-electron chi connectivity index (χ1n) is 5.00. The Bertz CT molecular complexity index is 714. The summed E-state index contributed by atoms with van der Waals surface area (Å²) in [6.07, 6.45) is 1.69. The van der Waals surface area contributed by atoms with Gasteiger partial charge in [-0.3, -0.25) is 4.57 Å². The van der Waals surface area contributed by atoms with Crippen molar-refractivity contribution in [1.82, 2.24) is 14.5 Å². The average molecular weight is 249 g/mol. The van der Waals surface area contributed by atoms with Gasteiger partial charge in [-0.15, -0.1) is 11.3 Å². The number of H-pyrrole nitrogens is 1. The van der Waals surface area contributed by atoms with Gasteiger partial charge in [-0.05, 0) is 18.2 Å². The second-order valence-corrected chi connectivity index (χ2v) is 4.58. The normalized spacial score (nSPS) is 11.1. The molecule has 2 aromatic heterocycles. The average Bonchev–Trinajstić information content (AvgIpc) is 2.88. The molecule has 17 heavy (non-hydrogen) atoms. The van der Waals surface area contributed by atoms with E-state index in [0.29, 0.717) is 17.6 Å². The predicted molar refractivity (Wildman–Crippen MR) is 63.7 cm³/mol. The van der Waals surface area contributed by atoms with E-state index in [4.69, 9.17) is 0 Å². The number of aromatic amines is 1. The fourth-order valence-electron chi connectivity index (χ4n) is 1.76. The molecule has 86 valence electrons. The van der Waals surface area contributed by atoms with E-state index in [2.05, 4.69) is 9.97 Å². The third-order valence-corrected chi connectivity index (χ3v) is 3.28. The molecule has 0 bridgehead atoms. The Hall–Kier alpha value is -1.95. The van der Waals surface area contributed by atoms with E-state index in [0.717, 1.165) is 5.01 Å². The summed E-state index contributed by atoms with van der Waals surface area (Å²) in [7, 11) is 0.